The fourth-order valence-corrected chi connectivity index (χ4v) is 3.27. The van der Waals surface area contributed by atoms with E-state index in [4.69, 9.17) is 14.7 Å². The topological polar surface area (TPSA) is 133 Å². The van der Waals surface area contributed by atoms with Gasteiger partial charge in [0.15, 0.2) is 11.6 Å². The lowest BCUT2D eigenvalue weighted by molar-refractivity contribution is -0.121. The maximum Gasteiger partial charge on any atom is 0.289 e. The van der Waals surface area contributed by atoms with E-state index in [1.54, 1.807) is 37.8 Å². The van der Waals surface area contributed by atoms with E-state index in [9.17, 15) is 9.59 Å². The third-order valence-electron chi connectivity index (χ3n) is 4.60. The average molecular weight is 370 g/mol. The summed E-state index contributed by atoms with van der Waals surface area (Å²) in [5, 5.41) is 3.75. The fourth-order valence-electron chi connectivity index (χ4n) is 3.27. The van der Waals surface area contributed by atoms with Crippen molar-refractivity contribution >= 4 is 11.8 Å². The molecule has 0 aromatic carbocycles. The van der Waals surface area contributed by atoms with Gasteiger partial charge in [-0.05, 0) is 19.1 Å². The first-order chi connectivity index (χ1) is 13.0. The second kappa shape index (κ2) is 6.71. The zero-order valence-electron chi connectivity index (χ0n) is 14.6. The standard InChI is InChI=1S/C17H18N6O4/c1-10-20-16(27-21-10)13-8-23(7-12(13)15(18)24)17(25)14-3-2-11(26-14)6-22-5-4-19-9-22/h2-5,9,12-13H,6-8H2,1H3,(H2,18,24)/t12-,13-/m1/s1. The Morgan fingerprint density at radius 3 is 2.85 bits per heavy atom. The van der Waals surface area contributed by atoms with Gasteiger partial charge in [0, 0.05) is 25.5 Å². The third kappa shape index (κ3) is 3.33. The van der Waals surface area contributed by atoms with E-state index in [0.717, 1.165) is 0 Å². The van der Waals surface area contributed by atoms with Gasteiger partial charge in [-0.25, -0.2) is 4.98 Å². The van der Waals surface area contributed by atoms with Crippen molar-refractivity contribution in [3.63, 3.8) is 0 Å². The first-order valence-corrected chi connectivity index (χ1v) is 8.44. The summed E-state index contributed by atoms with van der Waals surface area (Å²) < 4.78 is 12.7. The Labute approximate surface area is 154 Å². The van der Waals surface area contributed by atoms with Crippen molar-refractivity contribution in [3.8, 4) is 0 Å². The van der Waals surface area contributed by atoms with E-state index in [-0.39, 0.29) is 24.8 Å². The predicted octanol–water partition coefficient (Wildman–Crippen LogP) is 0.557. The highest BCUT2D eigenvalue weighted by Gasteiger charge is 2.43. The van der Waals surface area contributed by atoms with Crippen LogP contribution in [0, 0.1) is 12.8 Å². The molecular formula is C17H18N6O4. The lowest BCUT2D eigenvalue weighted by Crippen LogP contribution is -2.31. The number of nitrogens with zero attached hydrogens (tertiary/aromatic N) is 5. The number of likely N-dealkylation sites (tertiary alicyclic amines) is 1. The molecule has 4 heterocycles. The summed E-state index contributed by atoms with van der Waals surface area (Å²) >= 11 is 0. The highest BCUT2D eigenvalue weighted by Crippen LogP contribution is 2.32. The lowest BCUT2D eigenvalue weighted by atomic mass is 9.95. The van der Waals surface area contributed by atoms with Gasteiger partial charge in [-0.15, -0.1) is 0 Å². The second-order valence-electron chi connectivity index (χ2n) is 6.51. The Balaban J connectivity index is 1.50. The number of carbonyl (C=O) groups excluding carboxylic acids is 2. The smallest absolute Gasteiger partial charge is 0.289 e. The van der Waals surface area contributed by atoms with Crippen LogP contribution in [0.15, 0.2) is 39.8 Å². The number of aromatic nitrogens is 4. The molecule has 27 heavy (non-hydrogen) atoms. The normalized spacial score (nSPS) is 19.5. The molecule has 0 aliphatic carbocycles. The number of primary amides is 1. The van der Waals surface area contributed by atoms with Crippen LogP contribution in [0.1, 0.15) is 33.9 Å². The monoisotopic (exact) mass is 370 g/mol. The van der Waals surface area contributed by atoms with E-state index in [1.165, 1.54) is 4.90 Å². The van der Waals surface area contributed by atoms with Crippen LogP contribution >= 0.6 is 0 Å². The van der Waals surface area contributed by atoms with Crippen LogP contribution in [0.2, 0.25) is 0 Å². The number of hydrogen-bond acceptors (Lipinski definition) is 7. The predicted molar refractivity (Wildman–Crippen MR) is 90.4 cm³/mol. The first kappa shape index (κ1) is 17.0. The Hall–Kier alpha value is -3.43. The van der Waals surface area contributed by atoms with Gasteiger partial charge in [0.2, 0.25) is 11.8 Å². The van der Waals surface area contributed by atoms with Gasteiger partial charge in [-0.3, -0.25) is 9.59 Å². The molecule has 2 N–H and O–H groups in total. The number of nitrogens with two attached hydrogens (primary N) is 1. The highest BCUT2D eigenvalue weighted by atomic mass is 16.5. The van der Waals surface area contributed by atoms with Crippen LogP contribution in [0.3, 0.4) is 0 Å². The molecule has 3 aromatic heterocycles. The fraction of sp³-hybridized carbons (Fsp3) is 0.353. The molecular weight excluding hydrogens is 352 g/mol. The molecule has 1 fully saturated rings. The van der Waals surface area contributed by atoms with Gasteiger partial charge in [-0.1, -0.05) is 5.16 Å². The second-order valence-corrected chi connectivity index (χ2v) is 6.51. The van der Waals surface area contributed by atoms with Crippen molar-refractivity contribution in [3.05, 3.63) is 54.1 Å². The molecule has 0 saturated carbocycles. The number of carbonyl (C=O) groups is 2. The van der Waals surface area contributed by atoms with Crippen molar-refractivity contribution in [1.29, 1.82) is 0 Å². The molecule has 2 amide bonds. The van der Waals surface area contributed by atoms with Gasteiger partial charge < -0.3 is 24.1 Å². The van der Waals surface area contributed by atoms with Crippen LogP contribution in [0.5, 0.6) is 0 Å². The van der Waals surface area contributed by atoms with Crippen molar-refractivity contribution in [2.45, 2.75) is 19.4 Å². The summed E-state index contributed by atoms with van der Waals surface area (Å²) in [5.41, 5.74) is 5.51. The molecule has 0 radical (unpaired) electrons. The number of amides is 2. The molecule has 10 heteroatoms. The molecule has 1 aliphatic rings. The van der Waals surface area contributed by atoms with Crippen molar-refractivity contribution in [2.24, 2.45) is 11.7 Å². The van der Waals surface area contributed by atoms with Crippen molar-refractivity contribution in [2.75, 3.05) is 13.1 Å². The molecule has 1 saturated heterocycles. The summed E-state index contributed by atoms with van der Waals surface area (Å²) in [4.78, 5) is 34.3. The summed E-state index contributed by atoms with van der Waals surface area (Å²) in [5.74, 6) is -0.215. The van der Waals surface area contributed by atoms with E-state index < -0.39 is 17.7 Å². The van der Waals surface area contributed by atoms with Crippen LogP contribution in [0.25, 0.3) is 0 Å². The average Bonchev–Trinajstić information content (AvgIpc) is 3.41. The summed E-state index contributed by atoms with van der Waals surface area (Å²) in [6, 6.07) is 3.37. The SMILES string of the molecule is Cc1noc([C@@H]2CN(C(=O)c3ccc(Cn4ccnc4)o3)C[C@H]2C(N)=O)n1. The zero-order valence-corrected chi connectivity index (χ0v) is 14.6. The number of hydrogen-bond donors (Lipinski definition) is 1. The molecule has 0 unspecified atom stereocenters. The minimum Gasteiger partial charge on any atom is -0.454 e. The van der Waals surface area contributed by atoms with Gasteiger partial charge in [-0.2, -0.15) is 4.98 Å². The van der Waals surface area contributed by atoms with Crippen LogP contribution in [0.4, 0.5) is 0 Å². The Morgan fingerprint density at radius 1 is 1.33 bits per heavy atom. The molecule has 140 valence electrons. The summed E-state index contributed by atoms with van der Waals surface area (Å²) in [6.45, 7) is 2.60. The third-order valence-corrected chi connectivity index (χ3v) is 4.60. The largest absolute Gasteiger partial charge is 0.454 e. The molecule has 2 atom stereocenters. The molecule has 0 spiro atoms. The summed E-state index contributed by atoms with van der Waals surface area (Å²) in [6.07, 6.45) is 5.14. The molecule has 3 aromatic rings. The van der Waals surface area contributed by atoms with Crippen LogP contribution in [-0.2, 0) is 11.3 Å². The van der Waals surface area contributed by atoms with Crippen molar-refractivity contribution < 1.29 is 18.5 Å². The minimum absolute atomic E-state index is 0.178. The molecule has 0 bridgehead atoms. The van der Waals surface area contributed by atoms with Gasteiger partial charge in [0.05, 0.1) is 24.7 Å². The van der Waals surface area contributed by atoms with E-state index in [1.807, 2.05) is 4.57 Å². The van der Waals surface area contributed by atoms with Gasteiger partial charge in [0.25, 0.3) is 5.91 Å². The van der Waals surface area contributed by atoms with Gasteiger partial charge in [0.1, 0.15) is 5.76 Å². The quantitative estimate of drug-likeness (QED) is 0.693. The number of aryl methyl sites for hydroxylation is 1. The zero-order chi connectivity index (χ0) is 19.0. The van der Waals surface area contributed by atoms with E-state index >= 15 is 0 Å². The van der Waals surface area contributed by atoms with Crippen LogP contribution in [-0.4, -0.2) is 49.5 Å². The molecule has 4 rings (SSSR count). The Bertz CT molecular complexity index is 960. The maximum absolute atomic E-state index is 12.8. The van der Waals surface area contributed by atoms with E-state index in [0.29, 0.717) is 24.0 Å². The Morgan fingerprint density at radius 2 is 2.19 bits per heavy atom. The molecule has 1 aliphatic heterocycles. The lowest BCUT2D eigenvalue weighted by Gasteiger charge is -2.13. The molecule has 10 nitrogen and oxygen atoms in total. The summed E-state index contributed by atoms with van der Waals surface area (Å²) in [7, 11) is 0. The van der Waals surface area contributed by atoms with Crippen molar-refractivity contribution in [1.82, 2.24) is 24.6 Å². The number of rotatable bonds is 5. The Kier molecular flexibility index (Phi) is 4.22. The first-order valence-electron chi connectivity index (χ1n) is 8.44. The number of imidazole rings is 1. The highest BCUT2D eigenvalue weighted by molar-refractivity contribution is 5.92. The maximum atomic E-state index is 12.8. The number of furan rings is 1. The van der Waals surface area contributed by atoms with E-state index in [2.05, 4.69) is 15.1 Å². The van der Waals surface area contributed by atoms with Crippen LogP contribution < -0.4 is 5.73 Å². The minimum atomic E-state index is -0.589. The van der Waals surface area contributed by atoms with Gasteiger partial charge >= 0.3 is 0 Å².